The van der Waals surface area contributed by atoms with Crippen molar-refractivity contribution >= 4 is 28.6 Å². The molecule has 0 spiro atoms. The predicted octanol–water partition coefficient (Wildman–Crippen LogP) is 3.10. The lowest BCUT2D eigenvalue weighted by molar-refractivity contribution is -0.140. The van der Waals surface area contributed by atoms with Crippen LogP contribution >= 0.6 is 0 Å². The highest BCUT2D eigenvalue weighted by Gasteiger charge is 2.26. The highest BCUT2D eigenvalue weighted by atomic mass is 16.4. The number of nitrogens with one attached hydrogen (secondary N) is 3. The maximum absolute atomic E-state index is 12.9. The number of rotatable bonds is 8. The summed E-state index contributed by atoms with van der Waals surface area (Å²) in [4.78, 5) is 58.9. The number of carbonyl (C=O) groups excluding carboxylic acids is 2. The van der Waals surface area contributed by atoms with E-state index in [1.165, 1.54) is 6.92 Å². The van der Waals surface area contributed by atoms with Crippen molar-refractivity contribution in [1.29, 1.82) is 0 Å². The molecular weight excluding hydrogens is 486 g/mol. The number of aromatic nitrogens is 3. The molecule has 38 heavy (non-hydrogen) atoms. The maximum Gasteiger partial charge on any atom is 0.308 e. The Hall–Kier alpha value is -4.86. The Kier molecular flexibility index (Phi) is 7.33. The quantitative estimate of drug-likeness (QED) is 0.282. The zero-order valence-electron chi connectivity index (χ0n) is 21.1. The number of aliphatic carboxylic acids is 1. The van der Waals surface area contributed by atoms with Gasteiger partial charge in [0.05, 0.1) is 11.5 Å². The number of amides is 2. The molecule has 2 amide bonds. The monoisotopic (exact) mass is 513 g/mol. The van der Waals surface area contributed by atoms with Crippen LogP contribution in [0.4, 0.5) is 0 Å². The molecule has 4 aromatic rings. The molecule has 194 valence electrons. The Morgan fingerprint density at radius 2 is 1.76 bits per heavy atom. The van der Waals surface area contributed by atoms with Gasteiger partial charge in [0, 0.05) is 30.5 Å². The van der Waals surface area contributed by atoms with Crippen molar-refractivity contribution in [3.63, 3.8) is 0 Å². The molecule has 0 fully saturated rings. The fourth-order valence-corrected chi connectivity index (χ4v) is 3.95. The normalized spacial score (nSPS) is 12.1. The molecule has 0 aliphatic heterocycles. The summed E-state index contributed by atoms with van der Waals surface area (Å²) in [5, 5.41) is 16.3. The molecule has 0 bridgehead atoms. The topological polar surface area (TPSA) is 154 Å². The number of carboxylic acid groups (broad SMARTS) is 1. The van der Waals surface area contributed by atoms with Gasteiger partial charge in [-0.2, -0.15) is 0 Å². The molecule has 0 aliphatic rings. The summed E-state index contributed by atoms with van der Waals surface area (Å²) in [5.41, 5.74) is 1.04. The average Bonchev–Trinajstić information content (AvgIpc) is 2.90. The molecule has 0 aliphatic carbocycles. The van der Waals surface area contributed by atoms with Gasteiger partial charge in [-0.1, -0.05) is 49.4 Å². The van der Waals surface area contributed by atoms with E-state index in [1.54, 1.807) is 6.20 Å². The van der Waals surface area contributed by atoms with Crippen molar-refractivity contribution in [2.45, 2.75) is 26.3 Å². The van der Waals surface area contributed by atoms with Crippen LogP contribution in [-0.2, 0) is 10.3 Å². The summed E-state index contributed by atoms with van der Waals surface area (Å²) < 4.78 is 0. The van der Waals surface area contributed by atoms with Crippen LogP contribution in [0.1, 0.15) is 47.3 Å². The van der Waals surface area contributed by atoms with Crippen molar-refractivity contribution in [1.82, 2.24) is 25.6 Å². The number of fused-ring (bicyclic) bond motifs is 1. The smallest absolute Gasteiger partial charge is 0.308 e. The van der Waals surface area contributed by atoms with E-state index < -0.39 is 34.8 Å². The Balaban J connectivity index is 1.48. The standard InChI is InChI=1S/C28H27N5O5/c1-16(27(37)38)13-31-26(36)23-30-15-22(24(34)32-23)25(35)33-28(2,3)19-9-7-17(8-10-19)20-6-4-5-18-14-29-12-11-21(18)20/h4-12,14-16H,13H2,1-3H3,(H,31,36)(H,33,35)(H,37,38)(H,30,32,34)/t16-/m0/s1. The second-order valence-corrected chi connectivity index (χ2v) is 9.48. The van der Waals surface area contributed by atoms with Crippen molar-refractivity contribution < 1.29 is 19.5 Å². The van der Waals surface area contributed by atoms with E-state index in [0.29, 0.717) is 0 Å². The summed E-state index contributed by atoms with van der Waals surface area (Å²) in [5.74, 6) is -3.59. The van der Waals surface area contributed by atoms with Gasteiger partial charge in [-0.15, -0.1) is 0 Å². The third-order valence-electron chi connectivity index (χ3n) is 6.27. The zero-order valence-corrected chi connectivity index (χ0v) is 21.1. The van der Waals surface area contributed by atoms with E-state index >= 15 is 0 Å². The molecule has 0 saturated carbocycles. The second kappa shape index (κ2) is 10.6. The lowest BCUT2D eigenvalue weighted by Crippen LogP contribution is -2.43. The molecule has 10 heteroatoms. The van der Waals surface area contributed by atoms with Gasteiger partial charge >= 0.3 is 5.97 Å². The maximum atomic E-state index is 12.9. The molecule has 10 nitrogen and oxygen atoms in total. The number of carbonyl (C=O) groups is 3. The van der Waals surface area contributed by atoms with Gasteiger partial charge < -0.3 is 20.7 Å². The van der Waals surface area contributed by atoms with E-state index in [4.69, 9.17) is 5.11 Å². The van der Waals surface area contributed by atoms with Crippen molar-refractivity contribution in [3.05, 3.63) is 94.4 Å². The third kappa shape index (κ3) is 5.59. The number of hydrogen-bond donors (Lipinski definition) is 4. The second-order valence-electron chi connectivity index (χ2n) is 9.48. The van der Waals surface area contributed by atoms with Crippen LogP contribution in [0.5, 0.6) is 0 Å². The summed E-state index contributed by atoms with van der Waals surface area (Å²) in [6.45, 7) is 4.93. The minimum atomic E-state index is -1.07. The number of carboxylic acids is 1. The fraction of sp³-hybridized carbons (Fsp3) is 0.214. The first-order chi connectivity index (χ1) is 18.1. The molecular formula is C28H27N5O5. The van der Waals surface area contributed by atoms with Gasteiger partial charge in [-0.25, -0.2) is 4.98 Å². The Morgan fingerprint density at radius 1 is 1.03 bits per heavy atom. The highest BCUT2D eigenvalue weighted by Crippen LogP contribution is 2.30. The largest absolute Gasteiger partial charge is 0.481 e. The van der Waals surface area contributed by atoms with Gasteiger partial charge in [0.15, 0.2) is 5.82 Å². The van der Waals surface area contributed by atoms with Crippen molar-refractivity contribution in [3.8, 4) is 11.1 Å². The van der Waals surface area contributed by atoms with Gasteiger partial charge in [0.1, 0.15) is 5.56 Å². The van der Waals surface area contributed by atoms with Gasteiger partial charge in [0.25, 0.3) is 17.4 Å². The van der Waals surface area contributed by atoms with E-state index in [2.05, 4.69) is 25.6 Å². The first-order valence-electron chi connectivity index (χ1n) is 11.9. The van der Waals surface area contributed by atoms with Crippen LogP contribution in [-0.4, -0.2) is 44.4 Å². The summed E-state index contributed by atoms with van der Waals surface area (Å²) in [6.07, 6.45) is 4.61. The molecule has 0 radical (unpaired) electrons. The number of H-pyrrole nitrogens is 1. The number of benzene rings is 2. The third-order valence-corrected chi connectivity index (χ3v) is 6.27. The van der Waals surface area contributed by atoms with E-state index in [1.807, 2.05) is 68.6 Å². The number of nitrogens with zero attached hydrogens (tertiary/aromatic N) is 2. The highest BCUT2D eigenvalue weighted by molar-refractivity contribution is 5.97. The lowest BCUT2D eigenvalue weighted by atomic mass is 9.91. The number of hydrogen-bond acceptors (Lipinski definition) is 6. The lowest BCUT2D eigenvalue weighted by Gasteiger charge is -2.27. The van der Waals surface area contributed by atoms with Crippen LogP contribution in [0.15, 0.2) is 71.9 Å². The van der Waals surface area contributed by atoms with E-state index in [9.17, 15) is 19.2 Å². The Labute approximate surface area is 218 Å². The van der Waals surface area contributed by atoms with E-state index in [-0.39, 0.29) is 17.9 Å². The van der Waals surface area contributed by atoms with Crippen molar-refractivity contribution in [2.24, 2.45) is 5.92 Å². The molecule has 1 atom stereocenters. The van der Waals surface area contributed by atoms with Crippen LogP contribution in [0.2, 0.25) is 0 Å². The van der Waals surface area contributed by atoms with Crippen LogP contribution < -0.4 is 16.2 Å². The van der Waals surface area contributed by atoms with Gasteiger partial charge in [-0.05, 0) is 42.0 Å². The number of pyridine rings is 1. The molecule has 2 aromatic carbocycles. The molecule has 0 unspecified atom stereocenters. The van der Waals surface area contributed by atoms with Crippen molar-refractivity contribution in [2.75, 3.05) is 6.54 Å². The Bertz CT molecular complexity index is 1570. The van der Waals surface area contributed by atoms with Crippen LogP contribution in [0.3, 0.4) is 0 Å². The van der Waals surface area contributed by atoms with Crippen LogP contribution in [0, 0.1) is 5.92 Å². The molecule has 2 aromatic heterocycles. The first kappa shape index (κ1) is 26.2. The Morgan fingerprint density at radius 3 is 2.45 bits per heavy atom. The summed E-state index contributed by atoms with van der Waals surface area (Å²) in [6, 6.07) is 15.8. The molecule has 4 N–H and O–H groups in total. The fourth-order valence-electron chi connectivity index (χ4n) is 3.95. The van der Waals surface area contributed by atoms with E-state index in [0.717, 1.165) is 33.7 Å². The number of aromatic amines is 1. The molecule has 2 heterocycles. The SMILES string of the molecule is C[C@@H](CNC(=O)c1ncc(C(=O)NC(C)(C)c2ccc(-c3cccc4cnccc34)cc2)c(=O)[nH]1)C(=O)O. The molecule has 4 rings (SSSR count). The minimum Gasteiger partial charge on any atom is -0.481 e. The van der Waals surface area contributed by atoms with Gasteiger partial charge in [-0.3, -0.25) is 24.2 Å². The zero-order chi connectivity index (χ0) is 27.4. The summed E-state index contributed by atoms with van der Waals surface area (Å²) in [7, 11) is 0. The summed E-state index contributed by atoms with van der Waals surface area (Å²) >= 11 is 0. The average molecular weight is 514 g/mol. The van der Waals surface area contributed by atoms with Crippen LogP contribution in [0.25, 0.3) is 21.9 Å². The predicted molar refractivity (Wildman–Crippen MR) is 142 cm³/mol. The molecule has 0 saturated heterocycles. The first-order valence-corrected chi connectivity index (χ1v) is 11.9. The minimum absolute atomic E-state index is 0.134. The van der Waals surface area contributed by atoms with Gasteiger partial charge in [0.2, 0.25) is 0 Å².